The van der Waals surface area contributed by atoms with Crippen molar-refractivity contribution >= 4 is 11.8 Å². The Hall–Kier alpha value is -1.84. The van der Waals surface area contributed by atoms with Crippen molar-refractivity contribution in [2.75, 3.05) is 13.7 Å². The normalized spacial score (nSPS) is 13.8. The number of Topliss-reactive ketones (excluding diaryl/α,β-unsaturated/α-hetero) is 1. The minimum Gasteiger partial charge on any atom is -0.494 e. The van der Waals surface area contributed by atoms with Gasteiger partial charge in [0.25, 0.3) is 0 Å². The lowest BCUT2D eigenvalue weighted by Gasteiger charge is -2.15. The van der Waals surface area contributed by atoms with Crippen LogP contribution < -0.4 is 4.74 Å². The van der Waals surface area contributed by atoms with E-state index in [-0.39, 0.29) is 11.8 Å². The number of aryl methyl sites for hydroxylation is 1. The summed E-state index contributed by atoms with van der Waals surface area (Å²) in [7, 11) is 1.37. The molecule has 4 nitrogen and oxygen atoms in total. The van der Waals surface area contributed by atoms with E-state index in [4.69, 9.17) is 4.74 Å². The number of ketones is 1. The molecule has 2 rings (SSSR count). The highest BCUT2D eigenvalue weighted by molar-refractivity contribution is 5.98. The maximum absolute atomic E-state index is 11.8. The number of carbonyl (C=O) groups excluding carboxylic acids is 2. The molecule has 1 aliphatic carbocycles. The highest BCUT2D eigenvalue weighted by Crippen LogP contribution is 2.25. The molecular formula is C15H18O4. The summed E-state index contributed by atoms with van der Waals surface area (Å²) in [5.41, 5.74) is 1.90. The number of ether oxygens (including phenoxy) is 2. The van der Waals surface area contributed by atoms with Crippen LogP contribution in [0.3, 0.4) is 0 Å². The summed E-state index contributed by atoms with van der Waals surface area (Å²) in [5, 5.41) is 0. The second-order valence-corrected chi connectivity index (χ2v) is 4.62. The van der Waals surface area contributed by atoms with Gasteiger partial charge in [-0.3, -0.25) is 9.59 Å². The van der Waals surface area contributed by atoms with E-state index in [0.717, 1.165) is 24.0 Å². The van der Waals surface area contributed by atoms with Gasteiger partial charge in [0.1, 0.15) is 5.75 Å². The Morgan fingerprint density at radius 3 is 2.95 bits per heavy atom. The number of esters is 1. The fourth-order valence-corrected chi connectivity index (χ4v) is 2.21. The van der Waals surface area contributed by atoms with Gasteiger partial charge >= 0.3 is 5.97 Å². The Balaban J connectivity index is 1.89. The van der Waals surface area contributed by atoms with Crippen molar-refractivity contribution in [1.29, 1.82) is 0 Å². The number of hydrogen-bond donors (Lipinski definition) is 0. The molecule has 102 valence electrons. The van der Waals surface area contributed by atoms with Gasteiger partial charge in [-0.05, 0) is 37.0 Å². The van der Waals surface area contributed by atoms with Crippen LogP contribution in [0.25, 0.3) is 0 Å². The SMILES string of the molecule is COC(=O)CCCOc1ccc2c(c1)C(=O)CCC2. The standard InChI is InChI=1S/C15H18O4/c1-18-15(17)6-3-9-19-12-8-7-11-4-2-5-14(16)13(11)10-12/h7-8,10H,2-6,9H2,1H3. The van der Waals surface area contributed by atoms with Gasteiger partial charge in [0.05, 0.1) is 13.7 Å². The Kier molecular flexibility index (Phi) is 4.55. The van der Waals surface area contributed by atoms with Crippen LogP contribution >= 0.6 is 0 Å². The third-order valence-corrected chi connectivity index (χ3v) is 3.25. The molecule has 4 heteroatoms. The summed E-state index contributed by atoms with van der Waals surface area (Å²) in [5.74, 6) is 0.657. The van der Waals surface area contributed by atoms with Crippen LogP contribution in [0.2, 0.25) is 0 Å². The molecule has 0 amide bonds. The van der Waals surface area contributed by atoms with Crippen LogP contribution in [0, 0.1) is 0 Å². The number of rotatable bonds is 5. The summed E-state index contributed by atoms with van der Waals surface area (Å²) in [6.07, 6.45) is 3.48. The smallest absolute Gasteiger partial charge is 0.305 e. The average Bonchev–Trinajstić information content (AvgIpc) is 2.44. The molecule has 0 saturated carbocycles. The summed E-state index contributed by atoms with van der Waals surface area (Å²) >= 11 is 0. The van der Waals surface area contributed by atoms with E-state index in [1.807, 2.05) is 18.2 Å². The Morgan fingerprint density at radius 2 is 2.16 bits per heavy atom. The van der Waals surface area contributed by atoms with Crippen molar-refractivity contribution < 1.29 is 19.1 Å². The van der Waals surface area contributed by atoms with Gasteiger partial charge in [-0.15, -0.1) is 0 Å². The predicted molar refractivity (Wildman–Crippen MR) is 70.5 cm³/mol. The zero-order chi connectivity index (χ0) is 13.7. The molecule has 0 aliphatic heterocycles. The first kappa shape index (κ1) is 13.6. The van der Waals surface area contributed by atoms with E-state index in [2.05, 4.69) is 4.74 Å². The molecule has 1 aromatic rings. The molecule has 0 spiro atoms. The van der Waals surface area contributed by atoms with Crippen molar-refractivity contribution in [2.45, 2.75) is 32.1 Å². The summed E-state index contributed by atoms with van der Waals surface area (Å²) in [4.78, 5) is 22.7. The van der Waals surface area contributed by atoms with Crippen LogP contribution in [0.15, 0.2) is 18.2 Å². The zero-order valence-electron chi connectivity index (χ0n) is 11.1. The van der Waals surface area contributed by atoms with E-state index in [1.54, 1.807) is 0 Å². The largest absolute Gasteiger partial charge is 0.494 e. The third-order valence-electron chi connectivity index (χ3n) is 3.25. The maximum Gasteiger partial charge on any atom is 0.305 e. The second-order valence-electron chi connectivity index (χ2n) is 4.62. The maximum atomic E-state index is 11.8. The number of hydrogen-bond acceptors (Lipinski definition) is 4. The van der Waals surface area contributed by atoms with Gasteiger partial charge < -0.3 is 9.47 Å². The molecule has 0 unspecified atom stereocenters. The lowest BCUT2D eigenvalue weighted by molar-refractivity contribution is -0.140. The zero-order valence-corrected chi connectivity index (χ0v) is 11.1. The highest BCUT2D eigenvalue weighted by atomic mass is 16.5. The lowest BCUT2D eigenvalue weighted by atomic mass is 9.90. The summed E-state index contributed by atoms with van der Waals surface area (Å²) in [6.45, 7) is 0.447. The van der Waals surface area contributed by atoms with Crippen molar-refractivity contribution in [3.05, 3.63) is 29.3 Å². The van der Waals surface area contributed by atoms with Crippen molar-refractivity contribution in [1.82, 2.24) is 0 Å². The van der Waals surface area contributed by atoms with Gasteiger partial charge in [-0.1, -0.05) is 6.07 Å². The number of fused-ring (bicyclic) bond motifs is 1. The number of benzene rings is 1. The average molecular weight is 262 g/mol. The molecule has 0 saturated heterocycles. The van der Waals surface area contributed by atoms with Crippen molar-refractivity contribution in [2.24, 2.45) is 0 Å². The molecule has 0 aromatic heterocycles. The van der Waals surface area contributed by atoms with Crippen LogP contribution in [0.4, 0.5) is 0 Å². The van der Waals surface area contributed by atoms with Crippen molar-refractivity contribution in [3.8, 4) is 5.75 Å². The Labute approximate surface area is 112 Å². The first-order chi connectivity index (χ1) is 9.20. The molecule has 0 bridgehead atoms. The number of methoxy groups -OCH3 is 1. The Morgan fingerprint density at radius 1 is 1.32 bits per heavy atom. The van der Waals surface area contributed by atoms with Crippen LogP contribution in [-0.2, 0) is 16.0 Å². The van der Waals surface area contributed by atoms with Gasteiger partial charge in [-0.2, -0.15) is 0 Å². The fraction of sp³-hybridized carbons (Fsp3) is 0.467. The minimum atomic E-state index is -0.232. The fourth-order valence-electron chi connectivity index (χ4n) is 2.21. The molecule has 19 heavy (non-hydrogen) atoms. The molecule has 0 atom stereocenters. The van der Waals surface area contributed by atoms with E-state index in [9.17, 15) is 9.59 Å². The van der Waals surface area contributed by atoms with E-state index in [1.165, 1.54) is 7.11 Å². The topological polar surface area (TPSA) is 52.6 Å². The monoisotopic (exact) mass is 262 g/mol. The summed E-state index contributed by atoms with van der Waals surface area (Å²) < 4.78 is 10.1. The minimum absolute atomic E-state index is 0.196. The molecule has 0 fully saturated rings. The molecule has 1 aromatic carbocycles. The van der Waals surface area contributed by atoms with Crippen LogP contribution in [-0.4, -0.2) is 25.5 Å². The predicted octanol–water partition coefficient (Wildman–Crippen LogP) is 2.54. The van der Waals surface area contributed by atoms with Crippen LogP contribution in [0.1, 0.15) is 41.6 Å². The first-order valence-electron chi connectivity index (χ1n) is 6.56. The van der Waals surface area contributed by atoms with Gasteiger partial charge in [0, 0.05) is 18.4 Å². The van der Waals surface area contributed by atoms with Gasteiger partial charge in [0.15, 0.2) is 5.78 Å². The molecule has 0 radical (unpaired) electrons. The first-order valence-corrected chi connectivity index (χ1v) is 6.56. The third kappa shape index (κ3) is 3.56. The summed E-state index contributed by atoms with van der Waals surface area (Å²) in [6, 6.07) is 5.66. The van der Waals surface area contributed by atoms with E-state index >= 15 is 0 Å². The molecule has 1 aliphatic rings. The quantitative estimate of drug-likeness (QED) is 0.604. The Bertz CT molecular complexity index is 479. The van der Waals surface area contributed by atoms with E-state index in [0.29, 0.717) is 31.6 Å². The van der Waals surface area contributed by atoms with Crippen molar-refractivity contribution in [3.63, 3.8) is 0 Å². The van der Waals surface area contributed by atoms with Gasteiger partial charge in [0.2, 0.25) is 0 Å². The molecular weight excluding hydrogens is 244 g/mol. The number of carbonyl (C=O) groups is 2. The van der Waals surface area contributed by atoms with Crippen LogP contribution in [0.5, 0.6) is 5.75 Å². The van der Waals surface area contributed by atoms with E-state index < -0.39 is 0 Å². The highest BCUT2D eigenvalue weighted by Gasteiger charge is 2.17. The molecule has 0 heterocycles. The second kappa shape index (κ2) is 6.36. The lowest BCUT2D eigenvalue weighted by Crippen LogP contribution is -2.11. The van der Waals surface area contributed by atoms with Gasteiger partial charge in [-0.25, -0.2) is 0 Å². The molecule has 0 N–H and O–H groups in total.